The molecule has 1 amide bonds. The summed E-state index contributed by atoms with van der Waals surface area (Å²) in [7, 11) is 0. The number of aromatic amines is 1. The minimum Gasteiger partial charge on any atom is -0.359 e. The third kappa shape index (κ3) is 4.99. The van der Waals surface area contributed by atoms with Gasteiger partial charge in [-0.15, -0.1) is 0 Å². The number of H-pyrrole nitrogens is 1. The molecular weight excluding hydrogens is 400 g/mol. The van der Waals surface area contributed by atoms with Crippen molar-refractivity contribution >= 4 is 17.7 Å². The molecule has 0 spiro atoms. The number of carbonyl (C=O) groups excluding carboxylic acids is 1. The lowest BCUT2D eigenvalue weighted by Crippen LogP contribution is -2.30. The maximum absolute atomic E-state index is 12.5. The van der Waals surface area contributed by atoms with E-state index in [0.717, 1.165) is 12.1 Å². The normalized spacial score (nSPS) is 18.4. The Balaban J connectivity index is 1.53. The molecule has 4 heterocycles. The van der Waals surface area contributed by atoms with Gasteiger partial charge in [-0.3, -0.25) is 14.8 Å². The Kier molecular flexibility index (Phi) is 7.15. The summed E-state index contributed by atoms with van der Waals surface area (Å²) in [6.07, 6.45) is 14.3. The average molecular weight is 435 g/mol. The van der Waals surface area contributed by atoms with Crippen LogP contribution in [0.25, 0.3) is 6.08 Å². The van der Waals surface area contributed by atoms with Crippen LogP contribution in [0, 0.1) is 6.92 Å². The topological polar surface area (TPSA) is 86.3 Å². The van der Waals surface area contributed by atoms with Crippen LogP contribution in [0.15, 0.2) is 29.3 Å². The molecule has 0 radical (unpaired) electrons. The van der Waals surface area contributed by atoms with E-state index in [1.165, 1.54) is 68.6 Å². The zero-order valence-corrected chi connectivity index (χ0v) is 19.4. The van der Waals surface area contributed by atoms with E-state index in [2.05, 4.69) is 51.2 Å². The quantitative estimate of drug-likeness (QED) is 0.486. The Morgan fingerprint density at radius 1 is 1.16 bits per heavy atom. The fraction of sp³-hybridized carbons (Fsp3) is 0.520. The van der Waals surface area contributed by atoms with Crippen molar-refractivity contribution in [3.8, 4) is 0 Å². The van der Waals surface area contributed by atoms with Crippen molar-refractivity contribution in [1.29, 1.82) is 0 Å². The summed E-state index contributed by atoms with van der Waals surface area (Å²) < 4.78 is 0. The molecule has 7 heteroatoms. The molecule has 1 fully saturated rings. The van der Waals surface area contributed by atoms with Crippen molar-refractivity contribution in [1.82, 2.24) is 25.3 Å². The van der Waals surface area contributed by atoms with Gasteiger partial charge in [-0.05, 0) is 81.8 Å². The lowest BCUT2D eigenvalue weighted by Gasteiger charge is -2.26. The molecule has 7 nitrogen and oxygen atoms in total. The van der Waals surface area contributed by atoms with Crippen molar-refractivity contribution in [2.24, 2.45) is 5.10 Å². The minimum absolute atomic E-state index is 0.212. The first-order chi connectivity index (χ1) is 15.5. The van der Waals surface area contributed by atoms with Crippen LogP contribution in [0.5, 0.6) is 0 Å². The van der Waals surface area contributed by atoms with Crippen LogP contribution >= 0.6 is 0 Å². The van der Waals surface area contributed by atoms with Crippen LogP contribution in [0.4, 0.5) is 0 Å². The smallest absolute Gasteiger partial charge is 0.273 e. The van der Waals surface area contributed by atoms with E-state index in [4.69, 9.17) is 0 Å². The Bertz CT molecular complexity index is 999. The van der Waals surface area contributed by atoms with Crippen LogP contribution < -0.4 is 5.43 Å². The number of piperidine rings is 1. The fourth-order valence-corrected chi connectivity index (χ4v) is 4.85. The van der Waals surface area contributed by atoms with Gasteiger partial charge in [-0.2, -0.15) is 5.10 Å². The van der Waals surface area contributed by atoms with E-state index in [1.807, 2.05) is 6.08 Å². The van der Waals surface area contributed by atoms with Crippen molar-refractivity contribution in [3.63, 3.8) is 0 Å². The zero-order valence-electron chi connectivity index (χ0n) is 19.4. The first kappa shape index (κ1) is 22.4. The maximum Gasteiger partial charge on any atom is 0.273 e. The third-order valence-electron chi connectivity index (χ3n) is 6.43. The summed E-state index contributed by atoms with van der Waals surface area (Å²) in [6.45, 7) is 10.3. The number of hydrogen-bond acceptors (Lipinski definition) is 5. The highest BCUT2D eigenvalue weighted by atomic mass is 16.2. The predicted molar refractivity (Wildman–Crippen MR) is 128 cm³/mol. The number of carbonyl (C=O) groups is 1. The second-order valence-corrected chi connectivity index (χ2v) is 9.12. The van der Waals surface area contributed by atoms with E-state index in [1.54, 1.807) is 18.6 Å². The summed E-state index contributed by atoms with van der Waals surface area (Å²) >= 11 is 0. The maximum atomic E-state index is 12.5. The van der Waals surface area contributed by atoms with E-state index in [-0.39, 0.29) is 5.91 Å². The van der Waals surface area contributed by atoms with Gasteiger partial charge < -0.3 is 9.88 Å². The van der Waals surface area contributed by atoms with Gasteiger partial charge in [0.15, 0.2) is 0 Å². The van der Waals surface area contributed by atoms with Gasteiger partial charge in [-0.25, -0.2) is 5.43 Å². The van der Waals surface area contributed by atoms with E-state index >= 15 is 0 Å². The zero-order chi connectivity index (χ0) is 22.5. The number of likely N-dealkylation sites (tertiary alicyclic amines) is 1. The first-order valence-electron chi connectivity index (χ1n) is 11.8. The Morgan fingerprint density at radius 3 is 2.69 bits per heavy atom. The number of nitrogens with zero attached hydrogens (tertiary/aromatic N) is 4. The van der Waals surface area contributed by atoms with E-state index in [9.17, 15) is 4.79 Å². The second-order valence-electron chi connectivity index (χ2n) is 9.12. The summed E-state index contributed by atoms with van der Waals surface area (Å²) in [4.78, 5) is 27.1. The fourth-order valence-electron chi connectivity index (χ4n) is 4.85. The van der Waals surface area contributed by atoms with Gasteiger partial charge in [0.25, 0.3) is 5.91 Å². The molecule has 0 atom stereocenters. The van der Waals surface area contributed by atoms with Gasteiger partial charge in [0, 0.05) is 23.8 Å². The summed E-state index contributed by atoms with van der Waals surface area (Å²) in [5.41, 5.74) is 9.09. The van der Waals surface area contributed by atoms with Gasteiger partial charge in [0.1, 0.15) is 11.4 Å². The third-order valence-corrected chi connectivity index (χ3v) is 6.43. The average Bonchev–Trinajstić information content (AvgIpc) is 3.32. The molecule has 0 unspecified atom stereocenters. The summed E-state index contributed by atoms with van der Waals surface area (Å²) in [5, 5.41) is 4.20. The van der Waals surface area contributed by atoms with Crippen LogP contribution in [0.2, 0.25) is 0 Å². The summed E-state index contributed by atoms with van der Waals surface area (Å²) in [6, 6.07) is 0. The number of hydrogen-bond donors (Lipinski definition) is 2. The number of hydrazone groups is 1. The number of rotatable bonds is 8. The van der Waals surface area contributed by atoms with E-state index in [0.29, 0.717) is 22.9 Å². The van der Waals surface area contributed by atoms with Crippen molar-refractivity contribution in [2.75, 3.05) is 19.6 Å². The second kappa shape index (κ2) is 10.2. The van der Waals surface area contributed by atoms with Crippen LogP contribution in [0.3, 0.4) is 0 Å². The van der Waals surface area contributed by atoms with Crippen molar-refractivity contribution < 1.29 is 4.79 Å². The SMILES string of the molecule is Cc1[nH]c(/C=C2/C(=O)NN=C2c2cnccn2)c(C(C)C)c1CCCCN1CCCCC1. The van der Waals surface area contributed by atoms with Crippen LogP contribution in [-0.4, -0.2) is 51.1 Å². The molecule has 32 heavy (non-hydrogen) atoms. The molecular formula is C25H34N6O. The highest BCUT2D eigenvalue weighted by Crippen LogP contribution is 2.30. The van der Waals surface area contributed by atoms with E-state index < -0.39 is 0 Å². The Hall–Kier alpha value is -2.80. The number of aryl methyl sites for hydroxylation is 1. The molecule has 2 aromatic heterocycles. The Morgan fingerprint density at radius 2 is 1.97 bits per heavy atom. The molecule has 2 aromatic rings. The number of nitrogens with one attached hydrogen (secondary N) is 2. The number of amides is 1. The van der Waals surface area contributed by atoms with Crippen LogP contribution in [-0.2, 0) is 11.2 Å². The molecule has 170 valence electrons. The van der Waals surface area contributed by atoms with Gasteiger partial charge >= 0.3 is 0 Å². The largest absolute Gasteiger partial charge is 0.359 e. The van der Waals surface area contributed by atoms with Gasteiger partial charge in [0.05, 0.1) is 11.8 Å². The monoisotopic (exact) mass is 434 g/mol. The predicted octanol–water partition coefficient (Wildman–Crippen LogP) is 3.96. The van der Waals surface area contributed by atoms with Crippen LogP contribution in [0.1, 0.15) is 80.1 Å². The molecule has 0 aliphatic carbocycles. The molecule has 0 saturated carbocycles. The standard InChI is InChI=1S/C25H34N6O/c1-17(2)23-19(9-5-8-14-31-12-6-4-7-13-31)18(3)28-21(23)15-20-24(29-30-25(20)32)22-16-26-10-11-27-22/h10-11,15-17,28H,4-9,12-14H2,1-3H3,(H,30,32)/b20-15+. The Labute approximate surface area is 190 Å². The van der Waals surface area contributed by atoms with Gasteiger partial charge in [-0.1, -0.05) is 20.3 Å². The molecule has 2 N–H and O–H groups in total. The number of aromatic nitrogens is 3. The lowest BCUT2D eigenvalue weighted by atomic mass is 9.93. The number of unbranched alkanes of at least 4 members (excludes halogenated alkanes) is 1. The highest BCUT2D eigenvalue weighted by molar-refractivity contribution is 6.32. The molecule has 2 aliphatic heterocycles. The molecule has 0 bridgehead atoms. The van der Waals surface area contributed by atoms with Crippen molar-refractivity contribution in [3.05, 3.63) is 52.4 Å². The molecule has 2 aliphatic rings. The molecule has 4 rings (SSSR count). The minimum atomic E-state index is -0.212. The highest BCUT2D eigenvalue weighted by Gasteiger charge is 2.27. The van der Waals surface area contributed by atoms with Crippen molar-refractivity contribution in [2.45, 2.75) is 65.2 Å². The van der Waals surface area contributed by atoms with Gasteiger partial charge in [0.2, 0.25) is 0 Å². The molecule has 0 aromatic carbocycles. The first-order valence-corrected chi connectivity index (χ1v) is 11.8. The summed E-state index contributed by atoms with van der Waals surface area (Å²) in [5.74, 6) is 0.140. The lowest BCUT2D eigenvalue weighted by molar-refractivity contribution is -0.116. The molecule has 1 saturated heterocycles.